The second-order valence-electron chi connectivity index (χ2n) is 7.47. The Labute approximate surface area is 156 Å². The van der Waals surface area contributed by atoms with Gasteiger partial charge in [-0.1, -0.05) is 27.2 Å². The van der Waals surface area contributed by atoms with Crippen LogP contribution in [0.1, 0.15) is 62.0 Å². The summed E-state index contributed by atoms with van der Waals surface area (Å²) in [4.78, 5) is 9.83. The maximum absolute atomic E-state index is 6.01. The van der Waals surface area contributed by atoms with Crippen molar-refractivity contribution in [3.63, 3.8) is 0 Å². The van der Waals surface area contributed by atoms with E-state index in [1.807, 2.05) is 0 Å². The van der Waals surface area contributed by atoms with Gasteiger partial charge in [-0.15, -0.1) is 0 Å². The fourth-order valence-corrected chi connectivity index (χ4v) is 3.47. The highest BCUT2D eigenvalue weighted by Crippen LogP contribution is 2.30. The van der Waals surface area contributed by atoms with E-state index < -0.39 is 0 Å². The summed E-state index contributed by atoms with van der Waals surface area (Å²) in [5.74, 6) is 0.390. The minimum absolute atomic E-state index is 0.390. The Morgan fingerprint density at radius 2 is 1.88 bits per heavy atom. The van der Waals surface area contributed by atoms with Gasteiger partial charge in [-0.25, -0.2) is 4.98 Å². The zero-order chi connectivity index (χ0) is 18.8. The lowest BCUT2D eigenvalue weighted by Gasteiger charge is -2.14. The molecule has 2 N–H and O–H groups in total. The number of rotatable bonds is 6. The van der Waals surface area contributed by atoms with Gasteiger partial charge in [0.05, 0.1) is 22.4 Å². The Bertz CT molecular complexity index is 922. The summed E-state index contributed by atoms with van der Waals surface area (Å²) < 4.78 is 2.34. The average Bonchev–Trinajstić information content (AvgIpc) is 2.93. The first-order valence-electron chi connectivity index (χ1n) is 9.63. The molecule has 0 unspecified atom stereocenters. The van der Waals surface area contributed by atoms with Crippen molar-refractivity contribution < 1.29 is 0 Å². The lowest BCUT2D eigenvalue weighted by atomic mass is 10.0. The third-order valence-electron chi connectivity index (χ3n) is 5.01. The van der Waals surface area contributed by atoms with Crippen molar-refractivity contribution in [2.24, 2.45) is 5.73 Å². The third-order valence-corrected chi connectivity index (χ3v) is 5.01. The summed E-state index contributed by atoms with van der Waals surface area (Å²) >= 11 is 0. The number of fused-ring (bicyclic) bond motifs is 1. The maximum atomic E-state index is 6.01. The molecule has 0 spiro atoms. The molecule has 3 aromatic heterocycles. The number of pyridine rings is 2. The monoisotopic (exact) mass is 350 g/mol. The van der Waals surface area contributed by atoms with Gasteiger partial charge in [0.1, 0.15) is 0 Å². The fraction of sp³-hybridized carbons (Fsp3) is 0.455. The van der Waals surface area contributed by atoms with Crippen molar-refractivity contribution in [1.82, 2.24) is 14.5 Å². The molecule has 0 atom stereocenters. The van der Waals surface area contributed by atoms with E-state index in [9.17, 15) is 0 Å². The highest BCUT2D eigenvalue weighted by molar-refractivity contribution is 5.84. The zero-order valence-electron chi connectivity index (χ0n) is 16.6. The first-order chi connectivity index (χ1) is 12.5. The summed E-state index contributed by atoms with van der Waals surface area (Å²) in [6.45, 7) is 12.3. The number of hydrogen-bond acceptors (Lipinski definition) is 3. The number of hydrogen-bond donors (Lipinski definition) is 1. The number of nitrogens with zero attached hydrogens (tertiary/aromatic N) is 3. The second-order valence-corrected chi connectivity index (χ2v) is 7.47. The van der Waals surface area contributed by atoms with Crippen LogP contribution in [0.25, 0.3) is 22.3 Å². The molecule has 0 fully saturated rings. The molecule has 0 amide bonds. The van der Waals surface area contributed by atoms with E-state index >= 15 is 0 Å². The van der Waals surface area contributed by atoms with Crippen molar-refractivity contribution in [2.45, 2.75) is 66.5 Å². The number of nitrogens with two attached hydrogens (primary N) is 1. The minimum Gasteiger partial charge on any atom is -0.346 e. The van der Waals surface area contributed by atoms with E-state index in [2.05, 4.69) is 63.6 Å². The van der Waals surface area contributed by atoms with Gasteiger partial charge in [-0.3, -0.25) is 4.98 Å². The topological polar surface area (TPSA) is 56.7 Å². The van der Waals surface area contributed by atoms with E-state index in [4.69, 9.17) is 15.7 Å². The van der Waals surface area contributed by atoms with Crippen LogP contribution in [-0.2, 0) is 13.1 Å². The highest BCUT2D eigenvalue weighted by atomic mass is 15.0. The molecule has 0 aromatic carbocycles. The van der Waals surface area contributed by atoms with Gasteiger partial charge in [0.2, 0.25) is 0 Å². The van der Waals surface area contributed by atoms with Gasteiger partial charge in [0.25, 0.3) is 0 Å². The molecule has 0 saturated carbocycles. The molecule has 0 saturated heterocycles. The van der Waals surface area contributed by atoms with E-state index in [-0.39, 0.29) is 0 Å². The third kappa shape index (κ3) is 3.38. The van der Waals surface area contributed by atoms with E-state index in [0.717, 1.165) is 34.7 Å². The van der Waals surface area contributed by atoms with Gasteiger partial charge in [-0.2, -0.15) is 0 Å². The summed E-state index contributed by atoms with van der Waals surface area (Å²) in [6, 6.07) is 6.50. The Hall–Kier alpha value is -2.20. The molecule has 0 aliphatic heterocycles. The molecule has 3 aromatic rings. The summed E-state index contributed by atoms with van der Waals surface area (Å²) in [7, 11) is 0. The van der Waals surface area contributed by atoms with Crippen LogP contribution in [0, 0.1) is 13.8 Å². The molecule has 0 aliphatic rings. The van der Waals surface area contributed by atoms with Crippen LogP contribution >= 0.6 is 0 Å². The van der Waals surface area contributed by atoms with Crippen LogP contribution in [-0.4, -0.2) is 14.5 Å². The van der Waals surface area contributed by atoms with Crippen LogP contribution in [0.4, 0.5) is 0 Å². The minimum atomic E-state index is 0.390. The standard InChI is InChI=1S/C22H30N4/c1-6-7-10-26-13-16(5)22-20(26)11-15(4)21(25-22)17-8-9-18(14(2)3)24-19(17)12-23/h8-9,11,13-14H,6-7,10,12,23H2,1-5H3. The van der Waals surface area contributed by atoms with E-state index in [0.29, 0.717) is 12.5 Å². The SMILES string of the molecule is CCCCn1cc(C)c2nc(-c3ccc(C(C)C)nc3CN)c(C)cc21. The predicted molar refractivity (Wildman–Crippen MR) is 109 cm³/mol. The molecular formula is C22H30N4. The second kappa shape index (κ2) is 7.58. The number of unbranched alkanes of at least 4 members (excludes halogenated alkanes) is 1. The lowest BCUT2D eigenvalue weighted by Crippen LogP contribution is -2.07. The highest BCUT2D eigenvalue weighted by Gasteiger charge is 2.16. The average molecular weight is 351 g/mol. The normalized spacial score (nSPS) is 11.7. The first kappa shape index (κ1) is 18.6. The Morgan fingerprint density at radius 3 is 2.54 bits per heavy atom. The molecular weight excluding hydrogens is 320 g/mol. The summed E-state index contributed by atoms with van der Waals surface area (Å²) in [6.07, 6.45) is 4.60. The van der Waals surface area contributed by atoms with Crippen LogP contribution in [0.5, 0.6) is 0 Å². The Balaban J connectivity index is 2.14. The molecule has 3 rings (SSSR count). The van der Waals surface area contributed by atoms with Crippen molar-refractivity contribution in [2.75, 3.05) is 0 Å². The molecule has 3 heterocycles. The van der Waals surface area contributed by atoms with Crippen molar-refractivity contribution in [3.8, 4) is 11.3 Å². The van der Waals surface area contributed by atoms with Crippen LogP contribution < -0.4 is 5.73 Å². The Kier molecular flexibility index (Phi) is 5.42. The molecule has 0 aliphatic carbocycles. The van der Waals surface area contributed by atoms with Crippen LogP contribution in [0.15, 0.2) is 24.4 Å². The van der Waals surface area contributed by atoms with Gasteiger partial charge in [0, 0.05) is 30.5 Å². The Morgan fingerprint density at radius 1 is 1.12 bits per heavy atom. The van der Waals surface area contributed by atoms with Gasteiger partial charge >= 0.3 is 0 Å². The number of aryl methyl sites for hydroxylation is 3. The molecule has 0 bridgehead atoms. The maximum Gasteiger partial charge on any atom is 0.0917 e. The molecule has 26 heavy (non-hydrogen) atoms. The fourth-order valence-electron chi connectivity index (χ4n) is 3.47. The molecule has 138 valence electrons. The molecule has 4 heteroatoms. The zero-order valence-corrected chi connectivity index (χ0v) is 16.6. The van der Waals surface area contributed by atoms with Crippen molar-refractivity contribution >= 4 is 11.0 Å². The largest absolute Gasteiger partial charge is 0.346 e. The van der Waals surface area contributed by atoms with Crippen LogP contribution in [0.3, 0.4) is 0 Å². The van der Waals surface area contributed by atoms with Crippen molar-refractivity contribution in [1.29, 1.82) is 0 Å². The summed E-state index contributed by atoms with van der Waals surface area (Å²) in [5.41, 5.74) is 14.8. The van der Waals surface area contributed by atoms with Gasteiger partial charge < -0.3 is 10.3 Å². The predicted octanol–water partition coefficient (Wildman–Crippen LogP) is 5.10. The van der Waals surface area contributed by atoms with Crippen molar-refractivity contribution in [3.05, 3.63) is 46.9 Å². The lowest BCUT2D eigenvalue weighted by molar-refractivity contribution is 0.649. The van der Waals surface area contributed by atoms with Crippen LogP contribution in [0.2, 0.25) is 0 Å². The molecule has 0 radical (unpaired) electrons. The quantitative estimate of drug-likeness (QED) is 0.673. The van der Waals surface area contributed by atoms with E-state index in [1.54, 1.807) is 0 Å². The smallest absolute Gasteiger partial charge is 0.0917 e. The first-order valence-corrected chi connectivity index (χ1v) is 9.63. The van der Waals surface area contributed by atoms with Gasteiger partial charge in [0.15, 0.2) is 0 Å². The summed E-state index contributed by atoms with van der Waals surface area (Å²) in [5, 5.41) is 0. The number of aromatic nitrogens is 3. The molecule has 4 nitrogen and oxygen atoms in total. The van der Waals surface area contributed by atoms with E-state index in [1.165, 1.54) is 29.5 Å². The van der Waals surface area contributed by atoms with Gasteiger partial charge in [-0.05, 0) is 55.5 Å².